The summed E-state index contributed by atoms with van der Waals surface area (Å²) in [5, 5.41) is 0. The van der Waals surface area contributed by atoms with Gasteiger partial charge in [-0.3, -0.25) is 0 Å². The molecule has 2 aliphatic heterocycles. The Hall–Kier alpha value is -1.26. The highest BCUT2D eigenvalue weighted by molar-refractivity contribution is 5.68. The van der Waals surface area contributed by atoms with Crippen molar-refractivity contribution in [3.05, 3.63) is 23.3 Å². The minimum Gasteiger partial charge on any atom is -0.378 e. The molecule has 4 nitrogen and oxygen atoms in total. The second kappa shape index (κ2) is 10.1. The Balaban J connectivity index is 1.68. The van der Waals surface area contributed by atoms with E-state index in [0.717, 1.165) is 45.8 Å². The first-order valence-corrected chi connectivity index (χ1v) is 13.0. The highest BCUT2D eigenvalue weighted by atomic mass is 16.5. The SMILES string of the molecule is CCc1cc(N2CCN(C)CC2)c(C2CCC(CC)(CC)CC2)cc1N1CCOCC1. The Bertz CT molecular complexity index is 705. The van der Waals surface area contributed by atoms with Gasteiger partial charge in [0.25, 0.3) is 0 Å². The maximum Gasteiger partial charge on any atom is 0.0642 e. The van der Waals surface area contributed by atoms with Gasteiger partial charge in [-0.2, -0.15) is 0 Å². The van der Waals surface area contributed by atoms with Gasteiger partial charge in [-0.15, -0.1) is 0 Å². The van der Waals surface area contributed by atoms with E-state index in [9.17, 15) is 0 Å². The summed E-state index contributed by atoms with van der Waals surface area (Å²) in [6.45, 7) is 15.6. The Morgan fingerprint density at radius 2 is 1.45 bits per heavy atom. The largest absolute Gasteiger partial charge is 0.378 e. The van der Waals surface area contributed by atoms with Crippen LogP contribution in [0.5, 0.6) is 0 Å². The summed E-state index contributed by atoms with van der Waals surface area (Å²) in [6.07, 6.45) is 9.30. The molecular weight excluding hydrogens is 382 g/mol. The molecule has 0 N–H and O–H groups in total. The lowest BCUT2D eigenvalue weighted by atomic mass is 9.66. The first-order valence-electron chi connectivity index (χ1n) is 13.0. The molecule has 1 saturated carbocycles. The predicted octanol–water partition coefficient (Wildman–Crippen LogP) is 5.30. The predicted molar refractivity (Wildman–Crippen MR) is 133 cm³/mol. The second-order valence-corrected chi connectivity index (χ2v) is 10.3. The number of piperazine rings is 1. The molecule has 0 amide bonds. The first-order chi connectivity index (χ1) is 15.1. The molecule has 0 spiro atoms. The number of likely N-dealkylation sites (N-methyl/N-ethyl adjacent to an activating group) is 1. The van der Waals surface area contributed by atoms with Gasteiger partial charge in [0.05, 0.1) is 13.2 Å². The standard InChI is InChI=1S/C27H45N3O/c1-5-22-20-26(29-14-12-28(4)13-15-29)24(21-25(22)30-16-18-31-19-17-30)23-8-10-27(6-2,7-3)11-9-23/h20-21,23H,5-19H2,1-4H3. The molecule has 4 heteroatoms. The van der Waals surface area contributed by atoms with E-state index in [-0.39, 0.29) is 0 Å². The van der Waals surface area contributed by atoms with Crippen LogP contribution in [-0.2, 0) is 11.2 Å². The fraction of sp³-hybridized carbons (Fsp3) is 0.778. The van der Waals surface area contributed by atoms with E-state index in [4.69, 9.17) is 4.74 Å². The molecule has 0 aromatic heterocycles. The van der Waals surface area contributed by atoms with Gasteiger partial charge in [0.2, 0.25) is 0 Å². The molecule has 174 valence electrons. The van der Waals surface area contributed by atoms with E-state index in [1.54, 1.807) is 11.3 Å². The van der Waals surface area contributed by atoms with Crippen molar-refractivity contribution in [2.45, 2.75) is 71.6 Å². The zero-order valence-corrected chi connectivity index (χ0v) is 20.6. The Labute approximate surface area is 190 Å². The van der Waals surface area contributed by atoms with Crippen molar-refractivity contribution in [1.82, 2.24) is 4.90 Å². The zero-order chi connectivity index (χ0) is 21.8. The number of hydrogen-bond donors (Lipinski definition) is 0. The summed E-state index contributed by atoms with van der Waals surface area (Å²) >= 11 is 0. The molecule has 0 bridgehead atoms. The average molecular weight is 428 g/mol. The van der Waals surface area contributed by atoms with Crippen LogP contribution < -0.4 is 9.80 Å². The van der Waals surface area contributed by atoms with Gasteiger partial charge in [0, 0.05) is 50.6 Å². The maximum atomic E-state index is 5.66. The Morgan fingerprint density at radius 1 is 0.839 bits per heavy atom. The number of benzene rings is 1. The van der Waals surface area contributed by atoms with E-state index in [1.807, 2.05) is 0 Å². The highest BCUT2D eigenvalue weighted by Crippen LogP contribution is 2.49. The Morgan fingerprint density at radius 3 is 2.03 bits per heavy atom. The van der Waals surface area contributed by atoms with Crippen LogP contribution in [0.3, 0.4) is 0 Å². The van der Waals surface area contributed by atoms with Crippen molar-refractivity contribution in [2.75, 3.05) is 69.3 Å². The third kappa shape index (κ3) is 4.90. The van der Waals surface area contributed by atoms with E-state index in [0.29, 0.717) is 11.3 Å². The van der Waals surface area contributed by atoms with Crippen LogP contribution in [-0.4, -0.2) is 64.4 Å². The molecule has 1 aromatic carbocycles. The number of ether oxygens (including phenoxy) is 1. The third-order valence-electron chi connectivity index (χ3n) is 8.79. The van der Waals surface area contributed by atoms with Crippen molar-refractivity contribution in [1.29, 1.82) is 0 Å². The molecular formula is C27H45N3O. The first kappa shape index (κ1) is 22.9. The summed E-state index contributed by atoms with van der Waals surface area (Å²) in [6, 6.07) is 5.19. The van der Waals surface area contributed by atoms with Crippen LogP contribution in [0.15, 0.2) is 12.1 Å². The van der Waals surface area contributed by atoms with Gasteiger partial charge in [0.1, 0.15) is 0 Å². The van der Waals surface area contributed by atoms with Crippen molar-refractivity contribution < 1.29 is 4.74 Å². The van der Waals surface area contributed by atoms with Crippen LogP contribution in [0, 0.1) is 5.41 Å². The molecule has 3 aliphatic rings. The topological polar surface area (TPSA) is 19.0 Å². The molecule has 2 heterocycles. The minimum absolute atomic E-state index is 0.598. The van der Waals surface area contributed by atoms with Crippen molar-refractivity contribution in [3.8, 4) is 0 Å². The van der Waals surface area contributed by atoms with Gasteiger partial charge in [0.15, 0.2) is 0 Å². The number of rotatable bonds is 6. The van der Waals surface area contributed by atoms with Gasteiger partial charge in [-0.05, 0) is 73.7 Å². The van der Waals surface area contributed by atoms with Crippen LogP contribution in [0.1, 0.15) is 76.3 Å². The van der Waals surface area contributed by atoms with E-state index in [1.165, 1.54) is 62.9 Å². The zero-order valence-electron chi connectivity index (χ0n) is 20.6. The molecule has 0 radical (unpaired) electrons. The molecule has 3 fully saturated rings. The fourth-order valence-corrected chi connectivity index (χ4v) is 6.16. The lowest BCUT2D eigenvalue weighted by Crippen LogP contribution is -2.45. The summed E-state index contributed by atoms with van der Waals surface area (Å²) in [5.41, 5.74) is 6.80. The lowest BCUT2D eigenvalue weighted by Gasteiger charge is -2.42. The monoisotopic (exact) mass is 427 g/mol. The normalized spacial score (nSPS) is 23.4. The number of hydrogen-bond acceptors (Lipinski definition) is 4. The average Bonchev–Trinajstić information content (AvgIpc) is 2.84. The minimum atomic E-state index is 0.598. The van der Waals surface area contributed by atoms with Crippen LogP contribution >= 0.6 is 0 Å². The second-order valence-electron chi connectivity index (χ2n) is 10.3. The van der Waals surface area contributed by atoms with Gasteiger partial charge in [-0.25, -0.2) is 0 Å². The smallest absolute Gasteiger partial charge is 0.0642 e. The Kier molecular flexibility index (Phi) is 7.48. The molecule has 0 atom stereocenters. The van der Waals surface area contributed by atoms with Gasteiger partial charge < -0.3 is 19.4 Å². The number of anilines is 2. The molecule has 2 saturated heterocycles. The van der Waals surface area contributed by atoms with Crippen molar-refractivity contribution in [2.24, 2.45) is 5.41 Å². The lowest BCUT2D eigenvalue weighted by molar-refractivity contribution is 0.122. The number of morpholine rings is 1. The molecule has 1 aromatic rings. The van der Waals surface area contributed by atoms with Gasteiger partial charge >= 0.3 is 0 Å². The number of aryl methyl sites for hydroxylation is 1. The molecule has 1 aliphatic carbocycles. The summed E-state index contributed by atoms with van der Waals surface area (Å²) in [5.74, 6) is 0.714. The highest BCUT2D eigenvalue weighted by Gasteiger charge is 2.34. The molecule has 0 unspecified atom stereocenters. The summed E-state index contributed by atoms with van der Waals surface area (Å²) in [7, 11) is 2.26. The van der Waals surface area contributed by atoms with E-state index in [2.05, 4.69) is 54.7 Å². The quantitative estimate of drug-likeness (QED) is 0.613. The maximum absolute atomic E-state index is 5.66. The number of nitrogens with zero attached hydrogens (tertiary/aromatic N) is 3. The van der Waals surface area contributed by atoms with E-state index >= 15 is 0 Å². The van der Waals surface area contributed by atoms with Crippen LogP contribution in [0.25, 0.3) is 0 Å². The fourth-order valence-electron chi connectivity index (χ4n) is 6.16. The van der Waals surface area contributed by atoms with E-state index < -0.39 is 0 Å². The van der Waals surface area contributed by atoms with Crippen molar-refractivity contribution in [3.63, 3.8) is 0 Å². The molecule has 31 heavy (non-hydrogen) atoms. The molecule has 4 rings (SSSR count). The van der Waals surface area contributed by atoms with Gasteiger partial charge in [-0.1, -0.05) is 33.6 Å². The summed E-state index contributed by atoms with van der Waals surface area (Å²) in [4.78, 5) is 7.75. The van der Waals surface area contributed by atoms with Crippen LogP contribution in [0.4, 0.5) is 11.4 Å². The van der Waals surface area contributed by atoms with Crippen LogP contribution in [0.2, 0.25) is 0 Å². The van der Waals surface area contributed by atoms with Crippen molar-refractivity contribution >= 4 is 11.4 Å². The summed E-state index contributed by atoms with van der Waals surface area (Å²) < 4.78 is 5.66. The third-order valence-corrected chi connectivity index (χ3v) is 8.79.